The number of nitrogens with one attached hydrogen (secondary N) is 1. The lowest BCUT2D eigenvalue weighted by Crippen LogP contribution is -2.30. The summed E-state index contributed by atoms with van der Waals surface area (Å²) >= 11 is 7.31. The Hall–Kier alpha value is -2.05. The van der Waals surface area contributed by atoms with Crippen LogP contribution in [0.15, 0.2) is 35.7 Å². The fourth-order valence-electron chi connectivity index (χ4n) is 1.82. The number of ether oxygens (including phenoxy) is 1. The summed E-state index contributed by atoms with van der Waals surface area (Å²) in [5, 5.41) is 5.11. The third kappa shape index (κ3) is 4.22. The van der Waals surface area contributed by atoms with Crippen LogP contribution < -0.4 is 11.1 Å². The SMILES string of the molecule is C[C@H](NC(=O)COC(=O)c1ccc(Cl)cc1N)c1cccs1. The van der Waals surface area contributed by atoms with E-state index >= 15 is 0 Å². The summed E-state index contributed by atoms with van der Waals surface area (Å²) in [4.78, 5) is 24.7. The van der Waals surface area contributed by atoms with Gasteiger partial charge in [-0.1, -0.05) is 17.7 Å². The summed E-state index contributed by atoms with van der Waals surface area (Å²) < 4.78 is 4.96. The van der Waals surface area contributed by atoms with Gasteiger partial charge < -0.3 is 15.8 Å². The van der Waals surface area contributed by atoms with Crippen molar-refractivity contribution in [2.24, 2.45) is 0 Å². The molecular formula is C15H15ClN2O3S. The van der Waals surface area contributed by atoms with Crippen LogP contribution in [0.1, 0.15) is 28.2 Å². The molecule has 0 radical (unpaired) electrons. The van der Waals surface area contributed by atoms with E-state index in [1.165, 1.54) is 18.2 Å². The van der Waals surface area contributed by atoms with Crippen molar-refractivity contribution in [3.63, 3.8) is 0 Å². The average molecular weight is 339 g/mol. The first-order valence-corrected chi connectivity index (χ1v) is 7.78. The second-order valence-corrected chi connectivity index (χ2v) is 6.03. The molecule has 5 nitrogen and oxygen atoms in total. The molecule has 116 valence electrons. The Morgan fingerprint density at radius 2 is 2.18 bits per heavy atom. The van der Waals surface area contributed by atoms with Crippen LogP contribution in [0.5, 0.6) is 0 Å². The molecule has 1 aromatic heterocycles. The Balaban J connectivity index is 1.86. The molecule has 1 aromatic carbocycles. The van der Waals surface area contributed by atoms with E-state index in [0.29, 0.717) is 5.02 Å². The average Bonchev–Trinajstić information content (AvgIpc) is 2.99. The predicted octanol–water partition coefficient (Wildman–Crippen LogP) is 3.02. The molecule has 0 saturated carbocycles. The van der Waals surface area contributed by atoms with Crippen molar-refractivity contribution in [2.45, 2.75) is 13.0 Å². The van der Waals surface area contributed by atoms with Crippen molar-refractivity contribution in [3.05, 3.63) is 51.2 Å². The third-order valence-electron chi connectivity index (χ3n) is 2.92. The van der Waals surface area contributed by atoms with Gasteiger partial charge in [0.05, 0.1) is 11.6 Å². The summed E-state index contributed by atoms with van der Waals surface area (Å²) in [6.07, 6.45) is 0. The minimum Gasteiger partial charge on any atom is -0.452 e. The lowest BCUT2D eigenvalue weighted by Gasteiger charge is -2.12. The molecule has 1 heterocycles. The van der Waals surface area contributed by atoms with E-state index in [2.05, 4.69) is 5.32 Å². The van der Waals surface area contributed by atoms with Crippen LogP contribution in [0.2, 0.25) is 5.02 Å². The van der Waals surface area contributed by atoms with Gasteiger partial charge in [-0.25, -0.2) is 4.79 Å². The molecule has 0 unspecified atom stereocenters. The summed E-state index contributed by atoms with van der Waals surface area (Å²) in [7, 11) is 0. The predicted molar refractivity (Wildman–Crippen MR) is 87.0 cm³/mol. The quantitative estimate of drug-likeness (QED) is 0.648. The number of hydrogen-bond acceptors (Lipinski definition) is 5. The van der Waals surface area contributed by atoms with Crippen molar-refractivity contribution in [2.75, 3.05) is 12.3 Å². The van der Waals surface area contributed by atoms with Gasteiger partial charge in [0.25, 0.3) is 5.91 Å². The van der Waals surface area contributed by atoms with Gasteiger partial charge in [0.1, 0.15) is 0 Å². The lowest BCUT2D eigenvalue weighted by molar-refractivity contribution is -0.124. The highest BCUT2D eigenvalue weighted by molar-refractivity contribution is 7.10. The number of nitrogen functional groups attached to an aromatic ring is 1. The molecule has 0 bridgehead atoms. The Labute approximate surface area is 137 Å². The number of thiophene rings is 1. The van der Waals surface area contributed by atoms with Gasteiger partial charge in [-0.3, -0.25) is 4.79 Å². The zero-order chi connectivity index (χ0) is 16.1. The normalized spacial score (nSPS) is 11.7. The van der Waals surface area contributed by atoms with Gasteiger partial charge in [0, 0.05) is 15.6 Å². The molecule has 7 heteroatoms. The highest BCUT2D eigenvalue weighted by atomic mass is 35.5. The zero-order valence-electron chi connectivity index (χ0n) is 11.8. The maximum absolute atomic E-state index is 11.9. The van der Waals surface area contributed by atoms with Gasteiger partial charge in [-0.2, -0.15) is 0 Å². The molecule has 1 amide bonds. The summed E-state index contributed by atoms with van der Waals surface area (Å²) in [5.74, 6) is -1.03. The Bertz CT molecular complexity index is 673. The van der Waals surface area contributed by atoms with Crippen LogP contribution in [-0.2, 0) is 9.53 Å². The number of nitrogens with two attached hydrogens (primary N) is 1. The van der Waals surface area contributed by atoms with Crippen molar-refractivity contribution in [3.8, 4) is 0 Å². The van der Waals surface area contributed by atoms with Crippen molar-refractivity contribution < 1.29 is 14.3 Å². The number of benzene rings is 1. The summed E-state index contributed by atoms with van der Waals surface area (Å²) in [5.41, 5.74) is 6.09. The van der Waals surface area contributed by atoms with Crippen LogP contribution >= 0.6 is 22.9 Å². The van der Waals surface area contributed by atoms with E-state index < -0.39 is 5.97 Å². The van der Waals surface area contributed by atoms with Crippen LogP contribution in [0, 0.1) is 0 Å². The highest BCUT2D eigenvalue weighted by Gasteiger charge is 2.15. The largest absolute Gasteiger partial charge is 0.452 e. The maximum atomic E-state index is 11.9. The van der Waals surface area contributed by atoms with E-state index in [1.807, 2.05) is 24.4 Å². The van der Waals surface area contributed by atoms with E-state index in [4.69, 9.17) is 22.1 Å². The summed E-state index contributed by atoms with van der Waals surface area (Å²) in [6.45, 7) is 1.50. The molecule has 0 aliphatic rings. The molecule has 0 aliphatic carbocycles. The van der Waals surface area contributed by atoms with E-state index in [-0.39, 0.29) is 29.8 Å². The molecule has 0 spiro atoms. The zero-order valence-corrected chi connectivity index (χ0v) is 13.4. The van der Waals surface area contributed by atoms with E-state index in [0.717, 1.165) is 4.88 Å². The fourth-order valence-corrected chi connectivity index (χ4v) is 2.74. The van der Waals surface area contributed by atoms with E-state index in [1.54, 1.807) is 11.3 Å². The van der Waals surface area contributed by atoms with Crippen LogP contribution in [-0.4, -0.2) is 18.5 Å². The summed E-state index contributed by atoms with van der Waals surface area (Å²) in [6, 6.07) is 8.16. The van der Waals surface area contributed by atoms with Gasteiger partial charge in [-0.15, -0.1) is 11.3 Å². The van der Waals surface area contributed by atoms with Gasteiger partial charge >= 0.3 is 5.97 Å². The minimum absolute atomic E-state index is 0.133. The topological polar surface area (TPSA) is 81.4 Å². The molecule has 2 rings (SSSR count). The van der Waals surface area contributed by atoms with Gasteiger partial charge in [0.2, 0.25) is 0 Å². The maximum Gasteiger partial charge on any atom is 0.340 e. The Morgan fingerprint density at radius 1 is 1.41 bits per heavy atom. The first-order valence-electron chi connectivity index (χ1n) is 6.52. The van der Waals surface area contributed by atoms with Crippen molar-refractivity contribution >= 4 is 40.5 Å². The van der Waals surface area contributed by atoms with Crippen LogP contribution in [0.4, 0.5) is 5.69 Å². The molecule has 22 heavy (non-hydrogen) atoms. The standard InChI is InChI=1S/C15H15ClN2O3S/c1-9(13-3-2-6-22-13)18-14(19)8-21-15(20)11-5-4-10(16)7-12(11)17/h2-7,9H,8,17H2,1H3,(H,18,19)/t9-/m0/s1. The highest BCUT2D eigenvalue weighted by Crippen LogP contribution is 2.19. The molecule has 3 N–H and O–H groups in total. The van der Waals surface area contributed by atoms with E-state index in [9.17, 15) is 9.59 Å². The number of hydrogen-bond donors (Lipinski definition) is 2. The van der Waals surface area contributed by atoms with Crippen molar-refractivity contribution in [1.29, 1.82) is 0 Å². The Kier molecular flexibility index (Phi) is 5.41. The second kappa shape index (κ2) is 7.29. The molecular weight excluding hydrogens is 324 g/mol. The van der Waals surface area contributed by atoms with Crippen LogP contribution in [0.25, 0.3) is 0 Å². The monoisotopic (exact) mass is 338 g/mol. The fraction of sp³-hybridized carbons (Fsp3) is 0.200. The molecule has 2 aromatic rings. The lowest BCUT2D eigenvalue weighted by atomic mass is 10.2. The number of carbonyl (C=O) groups is 2. The Morgan fingerprint density at radius 3 is 2.82 bits per heavy atom. The molecule has 1 atom stereocenters. The molecule has 0 aliphatic heterocycles. The van der Waals surface area contributed by atoms with Crippen LogP contribution in [0.3, 0.4) is 0 Å². The number of halogens is 1. The first kappa shape index (κ1) is 16.3. The first-order chi connectivity index (χ1) is 10.5. The number of esters is 1. The van der Waals surface area contributed by atoms with Gasteiger partial charge in [-0.05, 0) is 36.6 Å². The molecule has 0 saturated heterocycles. The number of carbonyl (C=O) groups excluding carboxylic acids is 2. The van der Waals surface area contributed by atoms with Gasteiger partial charge in [0.15, 0.2) is 6.61 Å². The molecule has 0 fully saturated rings. The second-order valence-electron chi connectivity index (χ2n) is 4.61. The number of amides is 1. The number of rotatable bonds is 5. The smallest absolute Gasteiger partial charge is 0.340 e. The van der Waals surface area contributed by atoms with Crippen molar-refractivity contribution in [1.82, 2.24) is 5.32 Å². The third-order valence-corrected chi connectivity index (χ3v) is 4.21. The minimum atomic E-state index is -0.659. The number of anilines is 1.